The van der Waals surface area contributed by atoms with E-state index in [9.17, 15) is 18.0 Å². The molecule has 6 nitrogen and oxygen atoms in total. The number of anilines is 1. The van der Waals surface area contributed by atoms with Crippen molar-refractivity contribution >= 4 is 11.7 Å². The summed E-state index contributed by atoms with van der Waals surface area (Å²) in [5.41, 5.74) is 6.48. The zero-order valence-electron chi connectivity index (χ0n) is 15.6. The van der Waals surface area contributed by atoms with E-state index in [0.717, 1.165) is 18.4 Å². The molecule has 3 rings (SSSR count). The summed E-state index contributed by atoms with van der Waals surface area (Å²) < 4.78 is 40.8. The summed E-state index contributed by atoms with van der Waals surface area (Å²) in [7, 11) is 0. The van der Waals surface area contributed by atoms with Gasteiger partial charge in [0.2, 0.25) is 0 Å². The summed E-state index contributed by atoms with van der Waals surface area (Å²) in [5.74, 6) is 0.111. The lowest BCUT2D eigenvalue weighted by atomic mass is 9.89. The Morgan fingerprint density at radius 3 is 2.61 bits per heavy atom. The Bertz CT molecular complexity index is 870. The van der Waals surface area contributed by atoms with Crippen LogP contribution in [0.4, 0.5) is 19.0 Å². The number of nitrogens with zero attached hydrogens (tertiary/aromatic N) is 3. The Morgan fingerprint density at radius 2 is 2.00 bits per heavy atom. The van der Waals surface area contributed by atoms with E-state index >= 15 is 0 Å². The predicted molar refractivity (Wildman–Crippen MR) is 96.7 cm³/mol. The van der Waals surface area contributed by atoms with Gasteiger partial charge in [0.1, 0.15) is 23.0 Å². The lowest BCUT2D eigenvalue weighted by molar-refractivity contribution is -0.274. The second kappa shape index (κ2) is 7.29. The van der Waals surface area contributed by atoms with E-state index in [0.29, 0.717) is 18.8 Å². The Hall–Kier alpha value is -2.84. The van der Waals surface area contributed by atoms with Crippen molar-refractivity contribution < 1.29 is 22.7 Å². The summed E-state index contributed by atoms with van der Waals surface area (Å²) in [6, 6.07) is 5.71. The van der Waals surface area contributed by atoms with Crippen molar-refractivity contribution in [3.8, 4) is 5.75 Å². The Labute approximate surface area is 160 Å². The van der Waals surface area contributed by atoms with E-state index in [2.05, 4.69) is 14.7 Å². The van der Waals surface area contributed by atoms with Crippen LogP contribution in [0.15, 0.2) is 30.5 Å². The molecule has 2 aromatic rings. The predicted octanol–water partition coefficient (Wildman–Crippen LogP) is 3.50. The second-order valence-corrected chi connectivity index (χ2v) is 7.14. The lowest BCUT2D eigenvalue weighted by Crippen LogP contribution is -2.46. The molecule has 9 heteroatoms. The molecule has 0 aliphatic carbocycles. The van der Waals surface area contributed by atoms with Gasteiger partial charge in [-0.3, -0.25) is 4.79 Å². The molecule has 1 aliphatic rings. The van der Waals surface area contributed by atoms with Gasteiger partial charge in [-0.2, -0.15) is 0 Å². The van der Waals surface area contributed by atoms with E-state index in [1.165, 1.54) is 18.3 Å². The molecule has 1 atom stereocenters. The summed E-state index contributed by atoms with van der Waals surface area (Å²) in [6.45, 7) is 4.22. The zero-order valence-corrected chi connectivity index (χ0v) is 15.6. The van der Waals surface area contributed by atoms with Gasteiger partial charge >= 0.3 is 6.36 Å². The number of rotatable bonds is 4. The van der Waals surface area contributed by atoms with E-state index in [1.54, 1.807) is 24.0 Å². The van der Waals surface area contributed by atoms with Crippen LogP contribution in [0.5, 0.6) is 5.75 Å². The molecule has 1 aromatic carbocycles. The molecule has 2 N–H and O–H groups in total. The highest BCUT2D eigenvalue weighted by Crippen LogP contribution is 2.34. The third-order valence-electron chi connectivity index (χ3n) is 4.90. The topological polar surface area (TPSA) is 81.3 Å². The number of amides is 1. The highest BCUT2D eigenvalue weighted by atomic mass is 19.4. The lowest BCUT2D eigenvalue weighted by Gasteiger charge is -2.35. The van der Waals surface area contributed by atoms with Crippen molar-refractivity contribution in [2.45, 2.75) is 45.0 Å². The van der Waals surface area contributed by atoms with Crippen LogP contribution < -0.4 is 10.5 Å². The van der Waals surface area contributed by atoms with Crippen molar-refractivity contribution in [2.24, 2.45) is 0 Å². The summed E-state index contributed by atoms with van der Waals surface area (Å²) in [4.78, 5) is 22.9. The van der Waals surface area contributed by atoms with Gasteiger partial charge < -0.3 is 15.4 Å². The number of carbonyl (C=O) groups is 1. The van der Waals surface area contributed by atoms with Gasteiger partial charge in [-0.15, -0.1) is 13.2 Å². The third kappa shape index (κ3) is 4.35. The fourth-order valence-corrected chi connectivity index (χ4v) is 3.60. The van der Waals surface area contributed by atoms with E-state index < -0.39 is 11.9 Å². The minimum Gasteiger partial charge on any atom is -0.406 e. The molecule has 0 saturated carbocycles. The molecule has 1 amide bonds. The number of carbonyl (C=O) groups excluding carboxylic acids is 1. The number of ether oxygens (including phenoxy) is 1. The maximum Gasteiger partial charge on any atom is 0.573 e. The molecule has 0 radical (unpaired) electrons. The minimum atomic E-state index is -4.72. The normalized spacial score (nSPS) is 19.7. The molecule has 2 heterocycles. The van der Waals surface area contributed by atoms with E-state index in [1.807, 2.05) is 6.92 Å². The van der Waals surface area contributed by atoms with Crippen molar-refractivity contribution in [3.63, 3.8) is 0 Å². The van der Waals surface area contributed by atoms with Crippen LogP contribution in [-0.4, -0.2) is 39.2 Å². The van der Waals surface area contributed by atoms with Gasteiger partial charge in [0.05, 0.1) is 0 Å². The maximum atomic E-state index is 13.0. The van der Waals surface area contributed by atoms with Crippen molar-refractivity contribution in [1.29, 1.82) is 0 Å². The number of benzene rings is 1. The first-order valence-corrected chi connectivity index (χ1v) is 8.83. The molecule has 1 aliphatic heterocycles. The molecule has 150 valence electrons. The van der Waals surface area contributed by atoms with Gasteiger partial charge in [-0.1, -0.05) is 12.1 Å². The van der Waals surface area contributed by atoms with Crippen LogP contribution in [0, 0.1) is 6.92 Å². The van der Waals surface area contributed by atoms with Crippen LogP contribution in [0.25, 0.3) is 0 Å². The number of aryl methyl sites for hydroxylation is 1. The molecular formula is C19H21F3N4O2. The number of likely N-dealkylation sites (tertiary alicyclic amines) is 1. The van der Waals surface area contributed by atoms with Crippen LogP contribution >= 0.6 is 0 Å². The van der Waals surface area contributed by atoms with Gasteiger partial charge in [0, 0.05) is 18.3 Å². The Balaban J connectivity index is 1.77. The average molecular weight is 394 g/mol. The maximum absolute atomic E-state index is 13.0. The monoisotopic (exact) mass is 394 g/mol. The van der Waals surface area contributed by atoms with Crippen LogP contribution in [-0.2, 0) is 6.42 Å². The number of alkyl halides is 3. The van der Waals surface area contributed by atoms with Gasteiger partial charge in [-0.05, 0) is 50.8 Å². The Kier molecular flexibility index (Phi) is 5.18. The molecule has 0 spiro atoms. The zero-order chi connectivity index (χ0) is 20.5. The molecule has 28 heavy (non-hydrogen) atoms. The minimum absolute atomic E-state index is 0.139. The molecule has 1 unspecified atom stereocenters. The standard InChI is InChI=1S/C19H21F3N4O2/c1-12-24-11-15(16(23)25-12)17(27)26-9-3-8-18(26,2)10-13-4-6-14(7-5-13)28-19(20,21)22/h4-7,11H,3,8-10H2,1-2H3,(H2,23,24,25). The molecule has 1 saturated heterocycles. The fourth-order valence-electron chi connectivity index (χ4n) is 3.60. The largest absolute Gasteiger partial charge is 0.573 e. The molecular weight excluding hydrogens is 373 g/mol. The fraction of sp³-hybridized carbons (Fsp3) is 0.421. The number of hydrogen-bond donors (Lipinski definition) is 1. The quantitative estimate of drug-likeness (QED) is 0.858. The number of hydrogen-bond acceptors (Lipinski definition) is 5. The van der Waals surface area contributed by atoms with E-state index in [-0.39, 0.29) is 23.0 Å². The van der Waals surface area contributed by atoms with Crippen molar-refractivity contribution in [2.75, 3.05) is 12.3 Å². The smallest absolute Gasteiger partial charge is 0.406 e. The second-order valence-electron chi connectivity index (χ2n) is 7.14. The highest BCUT2D eigenvalue weighted by Gasteiger charge is 2.40. The molecule has 1 fully saturated rings. The number of nitrogen functional groups attached to an aromatic ring is 1. The number of aromatic nitrogens is 2. The first-order chi connectivity index (χ1) is 13.1. The van der Waals surface area contributed by atoms with Crippen LogP contribution in [0.1, 0.15) is 41.5 Å². The number of halogens is 3. The van der Waals surface area contributed by atoms with Gasteiger partial charge in [-0.25, -0.2) is 9.97 Å². The SMILES string of the molecule is Cc1ncc(C(=O)N2CCCC2(C)Cc2ccc(OC(F)(F)F)cc2)c(N)n1. The van der Waals surface area contributed by atoms with Crippen LogP contribution in [0.2, 0.25) is 0 Å². The van der Waals surface area contributed by atoms with Gasteiger partial charge in [0.25, 0.3) is 5.91 Å². The third-order valence-corrected chi connectivity index (χ3v) is 4.90. The van der Waals surface area contributed by atoms with Crippen molar-refractivity contribution in [3.05, 3.63) is 47.4 Å². The average Bonchev–Trinajstić information content (AvgIpc) is 2.96. The van der Waals surface area contributed by atoms with Crippen LogP contribution in [0.3, 0.4) is 0 Å². The van der Waals surface area contributed by atoms with E-state index in [4.69, 9.17) is 5.73 Å². The van der Waals surface area contributed by atoms with Crippen molar-refractivity contribution in [1.82, 2.24) is 14.9 Å². The summed E-state index contributed by atoms with van der Waals surface area (Å²) in [5, 5.41) is 0. The summed E-state index contributed by atoms with van der Waals surface area (Å²) >= 11 is 0. The highest BCUT2D eigenvalue weighted by molar-refractivity contribution is 5.98. The first-order valence-electron chi connectivity index (χ1n) is 8.83. The molecule has 0 bridgehead atoms. The Morgan fingerprint density at radius 1 is 1.32 bits per heavy atom. The van der Waals surface area contributed by atoms with Gasteiger partial charge in [0.15, 0.2) is 0 Å². The number of nitrogens with two attached hydrogens (primary N) is 1. The molecule has 1 aromatic heterocycles. The summed E-state index contributed by atoms with van der Waals surface area (Å²) in [6.07, 6.45) is -1.20. The first kappa shape index (κ1) is 19.9.